The molecule has 0 saturated heterocycles. The van der Waals surface area contributed by atoms with Crippen molar-refractivity contribution in [2.24, 2.45) is 0 Å². The van der Waals surface area contributed by atoms with Gasteiger partial charge in [-0.1, -0.05) is 18.2 Å². The lowest BCUT2D eigenvalue weighted by Gasteiger charge is -2.12. The van der Waals surface area contributed by atoms with Gasteiger partial charge in [-0.2, -0.15) is 0 Å². The molecule has 148 valence electrons. The van der Waals surface area contributed by atoms with Crippen molar-refractivity contribution in [1.29, 1.82) is 0 Å². The molecule has 0 fully saturated rings. The molecule has 5 rings (SSSR count). The standard InChI is InChI=1S/C20H20N6S3/c1-12-24-25-20(26(12)21)29-19-17-14-9-5-6-10-15(14)28-18(17)22-16(23-19)11-27-13-7-3-2-4-8-13/h2-4,7-8H,5-6,9-11,21H2,1H3. The fourth-order valence-electron chi connectivity index (χ4n) is 3.48. The van der Waals surface area contributed by atoms with E-state index in [9.17, 15) is 0 Å². The van der Waals surface area contributed by atoms with E-state index in [4.69, 9.17) is 15.8 Å². The number of nitrogen functional groups attached to an aromatic ring is 1. The first-order valence-corrected chi connectivity index (χ1v) is 12.1. The van der Waals surface area contributed by atoms with Crippen LogP contribution >= 0.6 is 34.9 Å². The minimum atomic E-state index is 0.653. The first kappa shape index (κ1) is 18.9. The molecule has 0 bridgehead atoms. The van der Waals surface area contributed by atoms with Crippen LogP contribution in [0.5, 0.6) is 0 Å². The Balaban J connectivity index is 1.55. The van der Waals surface area contributed by atoms with Gasteiger partial charge in [-0.15, -0.1) is 33.3 Å². The Morgan fingerprint density at radius 3 is 2.72 bits per heavy atom. The molecule has 0 amide bonds. The van der Waals surface area contributed by atoms with E-state index in [1.54, 1.807) is 11.8 Å². The first-order chi connectivity index (χ1) is 14.2. The Morgan fingerprint density at radius 1 is 1.10 bits per heavy atom. The zero-order valence-electron chi connectivity index (χ0n) is 16.0. The number of aromatic nitrogens is 5. The molecule has 1 aliphatic carbocycles. The van der Waals surface area contributed by atoms with Gasteiger partial charge >= 0.3 is 0 Å². The van der Waals surface area contributed by atoms with Crippen molar-refractivity contribution in [1.82, 2.24) is 24.8 Å². The molecule has 6 nitrogen and oxygen atoms in total. The molecule has 0 spiro atoms. The molecule has 0 saturated carbocycles. The lowest BCUT2D eigenvalue weighted by Crippen LogP contribution is -2.11. The van der Waals surface area contributed by atoms with Crippen LogP contribution in [0.2, 0.25) is 0 Å². The molecule has 9 heteroatoms. The molecular formula is C20H20N6S3. The van der Waals surface area contributed by atoms with Gasteiger partial charge in [-0.3, -0.25) is 0 Å². The Labute approximate surface area is 181 Å². The number of hydrogen-bond acceptors (Lipinski definition) is 8. The minimum Gasteiger partial charge on any atom is -0.336 e. The number of nitrogens with zero attached hydrogens (tertiary/aromatic N) is 5. The highest BCUT2D eigenvalue weighted by molar-refractivity contribution is 7.99. The van der Waals surface area contributed by atoms with Crippen molar-refractivity contribution >= 4 is 45.1 Å². The smallest absolute Gasteiger partial charge is 0.216 e. The fourth-order valence-corrected chi connectivity index (χ4v) is 6.55. The van der Waals surface area contributed by atoms with Gasteiger partial charge in [0, 0.05) is 15.2 Å². The summed E-state index contributed by atoms with van der Waals surface area (Å²) in [5.74, 6) is 8.36. The van der Waals surface area contributed by atoms with Crippen molar-refractivity contribution in [3.63, 3.8) is 0 Å². The van der Waals surface area contributed by atoms with E-state index in [-0.39, 0.29) is 0 Å². The van der Waals surface area contributed by atoms with Gasteiger partial charge in [0.15, 0.2) is 0 Å². The van der Waals surface area contributed by atoms with Crippen LogP contribution in [0.3, 0.4) is 0 Å². The zero-order chi connectivity index (χ0) is 19.8. The summed E-state index contributed by atoms with van der Waals surface area (Å²) >= 11 is 5.06. The molecule has 29 heavy (non-hydrogen) atoms. The third-order valence-corrected chi connectivity index (χ3v) is 8.11. The Bertz CT molecular complexity index is 1170. The van der Waals surface area contributed by atoms with Crippen LogP contribution < -0.4 is 5.84 Å². The molecule has 1 aliphatic rings. The van der Waals surface area contributed by atoms with E-state index >= 15 is 0 Å². The molecule has 1 aromatic carbocycles. The number of nitrogens with two attached hydrogens (primary N) is 1. The Hall–Kier alpha value is -2.10. The van der Waals surface area contributed by atoms with E-state index in [1.807, 2.05) is 24.3 Å². The van der Waals surface area contributed by atoms with Gasteiger partial charge in [0.25, 0.3) is 0 Å². The van der Waals surface area contributed by atoms with E-state index in [0.717, 1.165) is 34.3 Å². The Kier molecular flexibility index (Phi) is 5.19. The summed E-state index contributed by atoms with van der Waals surface area (Å²) in [5.41, 5.74) is 1.42. The van der Waals surface area contributed by atoms with Gasteiger partial charge in [0.1, 0.15) is 21.5 Å². The topological polar surface area (TPSA) is 82.5 Å². The van der Waals surface area contributed by atoms with Gasteiger partial charge < -0.3 is 5.84 Å². The van der Waals surface area contributed by atoms with Crippen LogP contribution in [-0.4, -0.2) is 24.8 Å². The average molecular weight is 441 g/mol. The van der Waals surface area contributed by atoms with Crippen molar-refractivity contribution in [2.45, 2.75) is 53.4 Å². The zero-order valence-corrected chi connectivity index (χ0v) is 18.4. The lowest BCUT2D eigenvalue weighted by atomic mass is 9.97. The van der Waals surface area contributed by atoms with E-state index < -0.39 is 0 Å². The second kappa shape index (κ2) is 7.97. The third kappa shape index (κ3) is 3.74. The highest BCUT2D eigenvalue weighted by Gasteiger charge is 2.23. The first-order valence-electron chi connectivity index (χ1n) is 9.53. The van der Waals surface area contributed by atoms with E-state index in [2.05, 4.69) is 34.5 Å². The number of thiophene rings is 1. The maximum Gasteiger partial charge on any atom is 0.216 e. The number of thioether (sulfide) groups is 1. The van der Waals surface area contributed by atoms with Crippen molar-refractivity contribution < 1.29 is 0 Å². The summed E-state index contributed by atoms with van der Waals surface area (Å²) in [7, 11) is 0. The van der Waals surface area contributed by atoms with Gasteiger partial charge in [-0.05, 0) is 62.1 Å². The molecule has 0 aliphatic heterocycles. The predicted molar refractivity (Wildman–Crippen MR) is 119 cm³/mol. The molecule has 4 aromatic rings. The molecular weight excluding hydrogens is 420 g/mol. The number of rotatable bonds is 5. The van der Waals surface area contributed by atoms with Crippen LogP contribution in [0.1, 0.15) is 34.9 Å². The largest absolute Gasteiger partial charge is 0.336 e. The quantitative estimate of drug-likeness (QED) is 0.275. The molecule has 0 atom stereocenters. The van der Waals surface area contributed by atoms with Gasteiger partial charge in [0.2, 0.25) is 5.16 Å². The van der Waals surface area contributed by atoms with Crippen molar-refractivity contribution in [3.8, 4) is 0 Å². The maximum atomic E-state index is 6.11. The maximum absolute atomic E-state index is 6.11. The summed E-state index contributed by atoms with van der Waals surface area (Å²) in [6, 6.07) is 10.4. The average Bonchev–Trinajstić information content (AvgIpc) is 3.28. The summed E-state index contributed by atoms with van der Waals surface area (Å²) in [6.45, 7) is 1.85. The molecule has 3 heterocycles. The Morgan fingerprint density at radius 2 is 1.93 bits per heavy atom. The molecule has 0 radical (unpaired) electrons. The summed E-state index contributed by atoms with van der Waals surface area (Å²) in [6.07, 6.45) is 4.71. The number of benzene rings is 1. The normalized spacial score (nSPS) is 13.7. The van der Waals surface area contributed by atoms with Crippen LogP contribution in [0, 0.1) is 6.92 Å². The second-order valence-corrected chi connectivity index (χ2v) is 10.0. The van der Waals surface area contributed by atoms with E-state index in [1.165, 1.54) is 50.0 Å². The molecule has 0 unspecified atom stereocenters. The van der Waals surface area contributed by atoms with Crippen LogP contribution in [0.4, 0.5) is 0 Å². The SMILES string of the molecule is Cc1nnc(Sc2nc(CSc3ccccc3)nc3sc4c(c23)CCCC4)n1N. The van der Waals surface area contributed by atoms with Crippen molar-refractivity contribution in [2.75, 3.05) is 5.84 Å². The van der Waals surface area contributed by atoms with Crippen LogP contribution in [0.15, 0.2) is 45.4 Å². The number of aryl methyl sites for hydroxylation is 3. The summed E-state index contributed by atoms with van der Waals surface area (Å²) in [4.78, 5) is 13.6. The molecule has 2 N–H and O–H groups in total. The van der Waals surface area contributed by atoms with Gasteiger partial charge in [0.05, 0.1) is 5.75 Å². The van der Waals surface area contributed by atoms with Crippen LogP contribution in [0.25, 0.3) is 10.2 Å². The predicted octanol–water partition coefficient (Wildman–Crippen LogP) is 4.63. The van der Waals surface area contributed by atoms with Crippen LogP contribution in [-0.2, 0) is 18.6 Å². The number of hydrogen-bond donors (Lipinski definition) is 1. The molecule has 3 aromatic heterocycles. The van der Waals surface area contributed by atoms with Crippen molar-refractivity contribution in [3.05, 3.63) is 52.4 Å². The summed E-state index contributed by atoms with van der Waals surface area (Å²) in [5, 5.41) is 11.1. The second-order valence-electron chi connectivity index (χ2n) is 6.94. The third-order valence-electron chi connectivity index (χ3n) is 4.96. The summed E-state index contributed by atoms with van der Waals surface area (Å²) < 4.78 is 1.52. The van der Waals surface area contributed by atoms with E-state index in [0.29, 0.717) is 11.0 Å². The highest BCUT2D eigenvalue weighted by atomic mass is 32.2. The lowest BCUT2D eigenvalue weighted by molar-refractivity contribution is 0.699. The highest BCUT2D eigenvalue weighted by Crippen LogP contribution is 2.41. The fraction of sp³-hybridized carbons (Fsp3) is 0.300. The monoisotopic (exact) mass is 440 g/mol. The van der Waals surface area contributed by atoms with Gasteiger partial charge in [-0.25, -0.2) is 14.6 Å². The minimum absolute atomic E-state index is 0.653. The number of fused-ring (bicyclic) bond motifs is 3.